The fourth-order valence-electron chi connectivity index (χ4n) is 2.19. The summed E-state index contributed by atoms with van der Waals surface area (Å²) in [5, 5.41) is 6.14. The summed E-state index contributed by atoms with van der Waals surface area (Å²) in [4.78, 5) is 11.7. The van der Waals surface area contributed by atoms with Crippen LogP contribution in [0.25, 0.3) is 0 Å². The number of benzene rings is 1. The highest BCUT2D eigenvalue weighted by Gasteiger charge is 2.16. The van der Waals surface area contributed by atoms with Gasteiger partial charge in [0.2, 0.25) is 0 Å². The summed E-state index contributed by atoms with van der Waals surface area (Å²) in [5.41, 5.74) is 1.33. The molecule has 2 N–H and O–H groups in total. The summed E-state index contributed by atoms with van der Waals surface area (Å²) in [7, 11) is 0. The van der Waals surface area contributed by atoms with Crippen LogP contribution in [0.15, 0.2) is 40.8 Å². The second-order valence-corrected chi connectivity index (χ2v) is 6.87. The molecule has 0 radical (unpaired) electrons. The molecule has 1 heterocycles. The summed E-state index contributed by atoms with van der Waals surface area (Å²) < 4.78 is 10.8. The van der Waals surface area contributed by atoms with Crippen LogP contribution in [-0.2, 0) is 11.3 Å². The molecular formula is C19H26N2O3. The molecule has 5 nitrogen and oxygen atoms in total. The summed E-state index contributed by atoms with van der Waals surface area (Å²) in [6, 6.07) is 11.8. The smallest absolute Gasteiger partial charge is 0.412 e. The van der Waals surface area contributed by atoms with Crippen LogP contribution in [-0.4, -0.2) is 11.7 Å². The van der Waals surface area contributed by atoms with Crippen molar-refractivity contribution in [1.29, 1.82) is 0 Å². The maximum atomic E-state index is 11.7. The number of ether oxygens (including phenoxy) is 1. The largest absolute Gasteiger partial charge is 0.465 e. The predicted octanol–water partition coefficient (Wildman–Crippen LogP) is 4.79. The van der Waals surface area contributed by atoms with Crippen molar-refractivity contribution in [1.82, 2.24) is 5.32 Å². The normalized spacial score (nSPS) is 12.7. The van der Waals surface area contributed by atoms with Gasteiger partial charge in [0.1, 0.15) is 17.1 Å². The molecule has 2 rings (SSSR count). The number of aryl methyl sites for hydroxylation is 1. The number of nitrogens with one attached hydrogen (secondary N) is 2. The van der Waals surface area contributed by atoms with Gasteiger partial charge in [-0.1, -0.05) is 12.1 Å². The zero-order valence-electron chi connectivity index (χ0n) is 15.0. The quantitative estimate of drug-likeness (QED) is 0.827. The molecule has 5 heteroatoms. The monoisotopic (exact) mass is 330 g/mol. The Hall–Kier alpha value is -2.27. The second-order valence-electron chi connectivity index (χ2n) is 6.87. The standard InChI is InChI=1S/C19H26N2O3/c1-13-6-11-17(23-13)14(2)20-12-15-7-9-16(10-8-15)21-18(22)24-19(3,4)5/h6-11,14,20H,12H2,1-5H3,(H,21,22). The van der Waals surface area contributed by atoms with Gasteiger partial charge in [0.25, 0.3) is 0 Å². The Morgan fingerprint density at radius 1 is 1.17 bits per heavy atom. The number of carbonyl (C=O) groups is 1. The summed E-state index contributed by atoms with van der Waals surface area (Å²) >= 11 is 0. The van der Waals surface area contributed by atoms with E-state index in [1.54, 1.807) is 0 Å². The molecule has 1 atom stereocenters. The molecule has 0 saturated carbocycles. The molecule has 0 fully saturated rings. The molecule has 2 aromatic rings. The van der Waals surface area contributed by atoms with Crippen molar-refractivity contribution in [2.45, 2.75) is 52.8 Å². The molecule has 1 aromatic heterocycles. The van der Waals surface area contributed by atoms with Gasteiger partial charge in [0, 0.05) is 12.2 Å². The second kappa shape index (κ2) is 7.53. The van der Waals surface area contributed by atoms with Crippen molar-refractivity contribution in [3.8, 4) is 0 Å². The molecule has 0 spiro atoms. The first-order valence-electron chi connectivity index (χ1n) is 8.11. The van der Waals surface area contributed by atoms with Gasteiger partial charge >= 0.3 is 6.09 Å². The Kier molecular flexibility index (Phi) is 5.67. The van der Waals surface area contributed by atoms with Crippen molar-refractivity contribution < 1.29 is 13.9 Å². The first-order valence-corrected chi connectivity index (χ1v) is 8.11. The third-order valence-electron chi connectivity index (χ3n) is 3.40. The Morgan fingerprint density at radius 2 is 1.83 bits per heavy atom. The minimum atomic E-state index is -0.506. The van der Waals surface area contributed by atoms with Gasteiger partial charge in [-0.2, -0.15) is 0 Å². The van der Waals surface area contributed by atoms with Crippen molar-refractivity contribution in [2.75, 3.05) is 5.32 Å². The van der Waals surface area contributed by atoms with Crippen LogP contribution in [0, 0.1) is 6.92 Å². The Bertz CT molecular complexity index is 669. The van der Waals surface area contributed by atoms with Gasteiger partial charge in [0.05, 0.1) is 6.04 Å². The van der Waals surface area contributed by atoms with Crippen LogP contribution in [0.4, 0.5) is 10.5 Å². The first-order chi connectivity index (χ1) is 11.2. The maximum Gasteiger partial charge on any atom is 0.412 e. The van der Waals surface area contributed by atoms with E-state index in [0.29, 0.717) is 12.2 Å². The molecule has 0 saturated heterocycles. The topological polar surface area (TPSA) is 63.5 Å². The zero-order valence-corrected chi connectivity index (χ0v) is 15.0. The van der Waals surface area contributed by atoms with Crippen molar-refractivity contribution in [3.05, 3.63) is 53.5 Å². The average Bonchev–Trinajstić information content (AvgIpc) is 2.91. The third-order valence-corrected chi connectivity index (χ3v) is 3.40. The minimum Gasteiger partial charge on any atom is -0.465 e. The fraction of sp³-hybridized carbons (Fsp3) is 0.421. The van der Waals surface area contributed by atoms with Gasteiger partial charge in [-0.05, 0) is 64.4 Å². The highest BCUT2D eigenvalue weighted by Crippen LogP contribution is 2.17. The molecule has 1 unspecified atom stereocenters. The minimum absolute atomic E-state index is 0.137. The summed E-state index contributed by atoms with van der Waals surface area (Å²) in [6.07, 6.45) is -0.449. The molecule has 0 aliphatic rings. The lowest BCUT2D eigenvalue weighted by Crippen LogP contribution is -2.27. The molecule has 130 valence electrons. The van der Waals surface area contributed by atoms with E-state index < -0.39 is 11.7 Å². The number of anilines is 1. The van der Waals surface area contributed by atoms with E-state index in [0.717, 1.165) is 17.1 Å². The average molecular weight is 330 g/mol. The van der Waals surface area contributed by atoms with Gasteiger partial charge in [-0.3, -0.25) is 5.32 Å². The lowest BCUT2D eigenvalue weighted by molar-refractivity contribution is 0.0636. The SMILES string of the molecule is Cc1ccc(C(C)NCc2ccc(NC(=O)OC(C)(C)C)cc2)o1. The van der Waals surface area contributed by atoms with Gasteiger partial charge in [0.15, 0.2) is 0 Å². The highest BCUT2D eigenvalue weighted by molar-refractivity contribution is 5.84. The fourth-order valence-corrected chi connectivity index (χ4v) is 2.19. The van der Waals surface area contributed by atoms with E-state index in [4.69, 9.17) is 9.15 Å². The van der Waals surface area contributed by atoms with E-state index >= 15 is 0 Å². The molecular weight excluding hydrogens is 304 g/mol. The third kappa shape index (κ3) is 5.74. The molecule has 0 aliphatic carbocycles. The van der Waals surface area contributed by atoms with Crippen LogP contribution in [0.2, 0.25) is 0 Å². The van der Waals surface area contributed by atoms with E-state index in [-0.39, 0.29) is 6.04 Å². The maximum absolute atomic E-state index is 11.7. The van der Waals surface area contributed by atoms with Gasteiger partial charge in [-0.15, -0.1) is 0 Å². The molecule has 1 amide bonds. The van der Waals surface area contributed by atoms with Gasteiger partial charge < -0.3 is 14.5 Å². The number of hydrogen-bond donors (Lipinski definition) is 2. The Balaban J connectivity index is 1.84. The molecule has 24 heavy (non-hydrogen) atoms. The lowest BCUT2D eigenvalue weighted by Gasteiger charge is -2.19. The number of hydrogen-bond acceptors (Lipinski definition) is 4. The van der Waals surface area contributed by atoms with E-state index in [1.165, 1.54) is 0 Å². The van der Waals surface area contributed by atoms with Gasteiger partial charge in [-0.25, -0.2) is 4.79 Å². The first kappa shape index (κ1) is 18.1. The van der Waals surface area contributed by atoms with Crippen LogP contribution in [0.1, 0.15) is 50.8 Å². The zero-order chi connectivity index (χ0) is 17.7. The van der Waals surface area contributed by atoms with Crippen LogP contribution >= 0.6 is 0 Å². The van der Waals surface area contributed by atoms with Crippen LogP contribution in [0.3, 0.4) is 0 Å². The van der Waals surface area contributed by atoms with Crippen molar-refractivity contribution >= 4 is 11.8 Å². The lowest BCUT2D eigenvalue weighted by atomic mass is 10.2. The summed E-state index contributed by atoms with van der Waals surface area (Å²) in [6.45, 7) is 10.2. The number of furan rings is 1. The van der Waals surface area contributed by atoms with E-state index in [2.05, 4.69) is 17.6 Å². The Labute approximate surface area is 143 Å². The molecule has 0 bridgehead atoms. The Morgan fingerprint density at radius 3 is 2.38 bits per heavy atom. The van der Waals surface area contributed by atoms with Crippen LogP contribution in [0.5, 0.6) is 0 Å². The number of carbonyl (C=O) groups excluding carboxylic acids is 1. The highest BCUT2D eigenvalue weighted by atomic mass is 16.6. The number of amides is 1. The van der Waals surface area contributed by atoms with Crippen LogP contribution < -0.4 is 10.6 Å². The van der Waals surface area contributed by atoms with Crippen molar-refractivity contribution in [2.24, 2.45) is 0 Å². The molecule has 0 aliphatic heterocycles. The number of rotatable bonds is 5. The predicted molar refractivity (Wildman–Crippen MR) is 95.0 cm³/mol. The summed E-state index contributed by atoms with van der Waals surface area (Å²) in [5.74, 6) is 1.84. The molecule has 1 aromatic carbocycles. The van der Waals surface area contributed by atoms with Crippen molar-refractivity contribution in [3.63, 3.8) is 0 Å². The van der Waals surface area contributed by atoms with E-state index in [9.17, 15) is 4.79 Å². The van der Waals surface area contributed by atoms with E-state index in [1.807, 2.05) is 64.1 Å².